The average Bonchev–Trinajstić information content (AvgIpc) is 2.98. The number of hydrogen-bond acceptors (Lipinski definition) is 4. The molecular weight excluding hydrogens is 474 g/mol. The Morgan fingerprint density at radius 3 is 2.29 bits per heavy atom. The van der Waals surface area contributed by atoms with Crippen LogP contribution in [-0.4, -0.2) is 32.0 Å². The van der Waals surface area contributed by atoms with Gasteiger partial charge >= 0.3 is 0 Å². The number of benzene rings is 3. The molecular formula is C32H39N3O3. The molecule has 1 saturated carbocycles. The Balaban J connectivity index is 1.28. The van der Waals surface area contributed by atoms with Crippen molar-refractivity contribution in [2.24, 2.45) is 0 Å². The van der Waals surface area contributed by atoms with Gasteiger partial charge in [-0.15, -0.1) is 0 Å². The molecule has 1 atom stereocenters. The Morgan fingerprint density at radius 2 is 1.55 bits per heavy atom. The molecule has 6 nitrogen and oxygen atoms in total. The quantitative estimate of drug-likeness (QED) is 0.285. The Hall–Kier alpha value is -3.64. The highest BCUT2D eigenvalue weighted by Gasteiger charge is 2.33. The third-order valence-corrected chi connectivity index (χ3v) is 7.47. The van der Waals surface area contributed by atoms with Gasteiger partial charge in [-0.3, -0.25) is 9.59 Å². The summed E-state index contributed by atoms with van der Waals surface area (Å²) in [6.07, 6.45) is 6.69. The first-order valence-electron chi connectivity index (χ1n) is 13.6. The van der Waals surface area contributed by atoms with Crippen molar-refractivity contribution in [3.63, 3.8) is 0 Å². The zero-order valence-electron chi connectivity index (χ0n) is 22.5. The highest BCUT2D eigenvalue weighted by atomic mass is 16.5. The molecule has 0 radical (unpaired) electrons. The summed E-state index contributed by atoms with van der Waals surface area (Å²) in [5.74, 6) is 0.512. The van der Waals surface area contributed by atoms with Crippen LogP contribution in [0.1, 0.15) is 83.3 Å². The van der Waals surface area contributed by atoms with Crippen LogP contribution in [0.3, 0.4) is 0 Å². The van der Waals surface area contributed by atoms with Crippen LogP contribution >= 0.6 is 0 Å². The summed E-state index contributed by atoms with van der Waals surface area (Å²) in [6.45, 7) is 3.31. The molecule has 0 aromatic heterocycles. The summed E-state index contributed by atoms with van der Waals surface area (Å²) in [5, 5.41) is 9.83. The minimum absolute atomic E-state index is 0.0463. The number of amides is 2. The number of hydrogen-bond donors (Lipinski definition) is 3. The van der Waals surface area contributed by atoms with E-state index in [-0.39, 0.29) is 23.4 Å². The minimum Gasteiger partial charge on any atom is -0.497 e. The van der Waals surface area contributed by atoms with E-state index >= 15 is 0 Å². The maximum atomic E-state index is 12.8. The van der Waals surface area contributed by atoms with E-state index < -0.39 is 0 Å². The molecule has 0 heterocycles. The largest absolute Gasteiger partial charge is 0.497 e. The second-order valence-corrected chi connectivity index (χ2v) is 10.1. The zero-order valence-corrected chi connectivity index (χ0v) is 22.5. The summed E-state index contributed by atoms with van der Waals surface area (Å²) >= 11 is 0. The lowest BCUT2D eigenvalue weighted by atomic mass is 9.76. The summed E-state index contributed by atoms with van der Waals surface area (Å²) in [5.41, 5.74) is 3.22. The third-order valence-electron chi connectivity index (χ3n) is 7.47. The van der Waals surface area contributed by atoms with Gasteiger partial charge in [0.05, 0.1) is 13.2 Å². The van der Waals surface area contributed by atoms with Crippen molar-refractivity contribution in [2.75, 3.05) is 20.2 Å². The Morgan fingerprint density at radius 1 is 0.842 bits per heavy atom. The highest BCUT2D eigenvalue weighted by Crippen LogP contribution is 2.38. The summed E-state index contributed by atoms with van der Waals surface area (Å²) < 4.78 is 5.46. The van der Waals surface area contributed by atoms with Gasteiger partial charge in [0.25, 0.3) is 11.8 Å². The number of nitrogens with one attached hydrogen (secondary N) is 3. The Labute approximate surface area is 226 Å². The molecule has 3 aromatic carbocycles. The molecule has 3 N–H and O–H groups in total. The normalized spacial score (nSPS) is 15.3. The van der Waals surface area contributed by atoms with Crippen LogP contribution in [-0.2, 0) is 5.54 Å². The predicted molar refractivity (Wildman–Crippen MR) is 151 cm³/mol. The molecule has 1 aliphatic rings. The molecule has 2 amide bonds. The van der Waals surface area contributed by atoms with Crippen LogP contribution < -0.4 is 20.7 Å². The van der Waals surface area contributed by atoms with Crippen LogP contribution in [0.15, 0.2) is 78.9 Å². The van der Waals surface area contributed by atoms with Crippen LogP contribution in [0.5, 0.6) is 5.75 Å². The summed E-state index contributed by atoms with van der Waals surface area (Å²) in [7, 11) is 1.70. The van der Waals surface area contributed by atoms with Crippen molar-refractivity contribution >= 4 is 11.8 Å². The van der Waals surface area contributed by atoms with Crippen molar-refractivity contribution in [1.29, 1.82) is 0 Å². The zero-order chi connectivity index (χ0) is 26.8. The third kappa shape index (κ3) is 7.01. The molecule has 0 spiro atoms. The molecule has 6 heteroatoms. The van der Waals surface area contributed by atoms with Gasteiger partial charge in [-0.2, -0.15) is 0 Å². The smallest absolute Gasteiger partial charge is 0.251 e. The lowest BCUT2D eigenvalue weighted by molar-refractivity contribution is 0.0940. The van der Waals surface area contributed by atoms with Gasteiger partial charge in [0.1, 0.15) is 5.75 Å². The van der Waals surface area contributed by atoms with Gasteiger partial charge in [0.2, 0.25) is 0 Å². The fourth-order valence-corrected chi connectivity index (χ4v) is 5.27. The number of carbonyl (C=O) groups excluding carboxylic acids is 2. The number of methoxy groups -OCH3 is 1. The molecule has 3 aromatic rings. The van der Waals surface area contributed by atoms with Gasteiger partial charge in [0, 0.05) is 23.2 Å². The molecule has 0 bridgehead atoms. The maximum Gasteiger partial charge on any atom is 0.251 e. The Bertz CT molecular complexity index is 1210. The lowest BCUT2D eigenvalue weighted by Gasteiger charge is -2.39. The van der Waals surface area contributed by atoms with E-state index in [0.717, 1.165) is 37.1 Å². The molecule has 1 aliphatic carbocycles. The van der Waals surface area contributed by atoms with Gasteiger partial charge in [-0.1, -0.05) is 67.8 Å². The SMILES string of the molecule is COc1cccc(C2(NCCCNC(=O)c3cccc(C(=O)N[C@H](C)c4ccccc4)c3)CCCCC2)c1. The van der Waals surface area contributed by atoms with Crippen LogP contribution in [0.2, 0.25) is 0 Å². The van der Waals surface area contributed by atoms with Crippen molar-refractivity contribution in [2.45, 2.75) is 57.0 Å². The number of ether oxygens (including phenoxy) is 1. The average molecular weight is 514 g/mol. The van der Waals surface area contributed by atoms with Crippen LogP contribution in [0, 0.1) is 0 Å². The van der Waals surface area contributed by atoms with E-state index in [9.17, 15) is 9.59 Å². The number of rotatable bonds is 11. The first-order valence-corrected chi connectivity index (χ1v) is 13.6. The minimum atomic E-state index is -0.199. The van der Waals surface area contributed by atoms with E-state index in [2.05, 4.69) is 34.1 Å². The van der Waals surface area contributed by atoms with Gasteiger partial charge in [0.15, 0.2) is 0 Å². The molecule has 0 unspecified atom stereocenters. The lowest BCUT2D eigenvalue weighted by Crippen LogP contribution is -2.45. The van der Waals surface area contributed by atoms with Crippen LogP contribution in [0.25, 0.3) is 0 Å². The highest BCUT2D eigenvalue weighted by molar-refractivity contribution is 5.99. The maximum absolute atomic E-state index is 12.8. The van der Waals surface area contributed by atoms with Crippen LogP contribution in [0.4, 0.5) is 0 Å². The fourth-order valence-electron chi connectivity index (χ4n) is 5.27. The second kappa shape index (κ2) is 13.2. The fraction of sp³-hybridized carbons (Fsp3) is 0.375. The summed E-state index contributed by atoms with van der Waals surface area (Å²) in [4.78, 5) is 25.6. The van der Waals surface area contributed by atoms with E-state index in [1.165, 1.54) is 24.8 Å². The van der Waals surface area contributed by atoms with Gasteiger partial charge in [-0.25, -0.2) is 0 Å². The van der Waals surface area contributed by atoms with E-state index in [0.29, 0.717) is 17.7 Å². The first-order chi connectivity index (χ1) is 18.5. The first kappa shape index (κ1) is 27.4. The van der Waals surface area contributed by atoms with E-state index in [4.69, 9.17) is 4.74 Å². The summed E-state index contributed by atoms with van der Waals surface area (Å²) in [6, 6.07) is 24.9. The molecule has 0 aliphatic heterocycles. The molecule has 1 fully saturated rings. The standard InChI is InChI=1S/C32H39N3O3/c1-24(25-12-5-3-6-13-25)35-31(37)27-15-9-14-26(22-27)30(36)33-20-11-21-34-32(18-7-4-8-19-32)28-16-10-17-29(23-28)38-2/h3,5-6,9-10,12-17,22-24,34H,4,7-8,11,18-21H2,1-2H3,(H,33,36)(H,35,37)/t24-/m1/s1. The van der Waals surface area contributed by atoms with Crippen molar-refractivity contribution in [1.82, 2.24) is 16.0 Å². The molecule has 0 saturated heterocycles. The van der Waals surface area contributed by atoms with Crippen molar-refractivity contribution < 1.29 is 14.3 Å². The molecule has 38 heavy (non-hydrogen) atoms. The van der Waals surface area contributed by atoms with Gasteiger partial charge < -0.3 is 20.7 Å². The molecule has 4 rings (SSSR count). The topological polar surface area (TPSA) is 79.5 Å². The number of carbonyl (C=O) groups is 2. The second-order valence-electron chi connectivity index (χ2n) is 10.1. The molecule has 200 valence electrons. The van der Waals surface area contributed by atoms with E-state index in [1.54, 1.807) is 31.4 Å². The van der Waals surface area contributed by atoms with E-state index in [1.807, 2.05) is 43.3 Å². The van der Waals surface area contributed by atoms with Gasteiger partial charge in [-0.05, 0) is 74.2 Å². The monoisotopic (exact) mass is 513 g/mol. The van der Waals surface area contributed by atoms with Crippen molar-refractivity contribution in [3.05, 3.63) is 101 Å². The predicted octanol–water partition coefficient (Wildman–Crippen LogP) is 5.76. The van der Waals surface area contributed by atoms with Crippen molar-refractivity contribution in [3.8, 4) is 5.75 Å². The Kier molecular flexibility index (Phi) is 9.55.